The smallest absolute Gasteiger partial charge is 0.243 e. The van der Waals surface area contributed by atoms with E-state index in [1.165, 1.54) is 0 Å². The summed E-state index contributed by atoms with van der Waals surface area (Å²) in [5, 5.41) is 3.35. The molecule has 1 aliphatic rings. The standard InChI is InChI=1S/C16H26N2O2S/c1-5-18(15-7-8-15)21(19,20)16-9-6-13(4)14(10-16)11-17-12(2)3/h6,9-10,12,15,17H,5,7-8,11H2,1-4H3. The van der Waals surface area contributed by atoms with Crippen LogP contribution in [0.25, 0.3) is 0 Å². The summed E-state index contributed by atoms with van der Waals surface area (Å²) in [5.41, 5.74) is 2.17. The van der Waals surface area contributed by atoms with Crippen LogP contribution in [-0.2, 0) is 16.6 Å². The molecule has 0 radical (unpaired) electrons. The van der Waals surface area contributed by atoms with E-state index in [-0.39, 0.29) is 6.04 Å². The van der Waals surface area contributed by atoms with Crippen molar-refractivity contribution in [2.75, 3.05) is 6.54 Å². The first-order chi connectivity index (χ1) is 9.86. The van der Waals surface area contributed by atoms with Gasteiger partial charge in [-0.25, -0.2) is 8.42 Å². The Hall–Kier alpha value is -0.910. The van der Waals surface area contributed by atoms with Gasteiger partial charge in [-0.2, -0.15) is 4.31 Å². The Morgan fingerprint density at radius 1 is 1.33 bits per heavy atom. The fraction of sp³-hybridized carbons (Fsp3) is 0.625. The summed E-state index contributed by atoms with van der Waals surface area (Å²) in [7, 11) is -3.36. The monoisotopic (exact) mass is 310 g/mol. The third-order valence-electron chi connectivity index (χ3n) is 3.89. The first-order valence-electron chi connectivity index (χ1n) is 7.71. The molecule has 1 aromatic rings. The van der Waals surface area contributed by atoms with E-state index in [0.29, 0.717) is 24.0 Å². The highest BCUT2D eigenvalue weighted by Gasteiger charge is 2.36. The van der Waals surface area contributed by atoms with Crippen molar-refractivity contribution in [3.05, 3.63) is 29.3 Å². The van der Waals surface area contributed by atoms with Gasteiger partial charge in [-0.15, -0.1) is 0 Å². The third kappa shape index (κ3) is 3.84. The predicted octanol–water partition coefficient (Wildman–Crippen LogP) is 2.67. The topological polar surface area (TPSA) is 49.4 Å². The summed E-state index contributed by atoms with van der Waals surface area (Å²) in [6.07, 6.45) is 1.97. The highest BCUT2D eigenvalue weighted by Crippen LogP contribution is 2.32. The number of aryl methyl sites for hydroxylation is 1. The maximum atomic E-state index is 12.8. The molecule has 2 rings (SSSR count). The van der Waals surface area contributed by atoms with Gasteiger partial charge in [0.25, 0.3) is 0 Å². The molecule has 0 heterocycles. The van der Waals surface area contributed by atoms with Gasteiger partial charge in [0, 0.05) is 25.2 Å². The fourth-order valence-corrected chi connectivity index (χ4v) is 4.18. The van der Waals surface area contributed by atoms with E-state index in [1.807, 2.05) is 26.0 Å². The van der Waals surface area contributed by atoms with Crippen molar-refractivity contribution in [2.24, 2.45) is 0 Å². The molecule has 1 saturated carbocycles. The summed E-state index contributed by atoms with van der Waals surface area (Å²) in [6.45, 7) is 9.34. The third-order valence-corrected chi connectivity index (χ3v) is 5.92. The van der Waals surface area contributed by atoms with Crippen LogP contribution >= 0.6 is 0 Å². The first kappa shape index (κ1) is 16.5. The number of benzene rings is 1. The van der Waals surface area contributed by atoms with Gasteiger partial charge >= 0.3 is 0 Å². The van der Waals surface area contributed by atoms with Gasteiger partial charge in [-0.1, -0.05) is 26.8 Å². The van der Waals surface area contributed by atoms with Crippen LogP contribution in [0.2, 0.25) is 0 Å². The number of rotatable bonds is 7. The van der Waals surface area contributed by atoms with E-state index in [0.717, 1.165) is 24.0 Å². The van der Waals surface area contributed by atoms with Crippen molar-refractivity contribution in [3.8, 4) is 0 Å². The molecule has 1 aliphatic carbocycles. The number of nitrogens with zero attached hydrogens (tertiary/aromatic N) is 1. The molecule has 1 N–H and O–H groups in total. The molecular formula is C16H26N2O2S. The van der Waals surface area contributed by atoms with E-state index in [4.69, 9.17) is 0 Å². The zero-order chi connectivity index (χ0) is 15.6. The minimum Gasteiger partial charge on any atom is -0.310 e. The van der Waals surface area contributed by atoms with Crippen LogP contribution in [0.3, 0.4) is 0 Å². The van der Waals surface area contributed by atoms with Crippen LogP contribution in [0.5, 0.6) is 0 Å². The van der Waals surface area contributed by atoms with Crippen molar-refractivity contribution in [3.63, 3.8) is 0 Å². The Morgan fingerprint density at radius 3 is 2.52 bits per heavy atom. The summed E-state index contributed by atoms with van der Waals surface area (Å²) in [6, 6.07) is 6.05. The Morgan fingerprint density at radius 2 is 2.00 bits per heavy atom. The quantitative estimate of drug-likeness (QED) is 0.842. The maximum Gasteiger partial charge on any atom is 0.243 e. The molecule has 1 fully saturated rings. The molecule has 0 amide bonds. The highest BCUT2D eigenvalue weighted by molar-refractivity contribution is 7.89. The van der Waals surface area contributed by atoms with Crippen LogP contribution < -0.4 is 5.32 Å². The molecule has 0 atom stereocenters. The lowest BCUT2D eigenvalue weighted by Crippen LogP contribution is -2.33. The Labute approximate surface area is 128 Å². The van der Waals surface area contributed by atoms with Gasteiger partial charge in [-0.05, 0) is 43.0 Å². The SMILES string of the molecule is CCN(C1CC1)S(=O)(=O)c1ccc(C)c(CNC(C)C)c1. The van der Waals surface area contributed by atoms with Gasteiger partial charge in [0.15, 0.2) is 0 Å². The van der Waals surface area contributed by atoms with Crippen molar-refractivity contribution in [2.45, 2.75) is 64.1 Å². The number of hydrogen-bond donors (Lipinski definition) is 1. The van der Waals surface area contributed by atoms with Gasteiger partial charge in [-0.3, -0.25) is 0 Å². The van der Waals surface area contributed by atoms with Gasteiger partial charge in [0.2, 0.25) is 10.0 Å². The summed E-state index contributed by atoms with van der Waals surface area (Å²) in [4.78, 5) is 0.419. The normalized spacial score (nSPS) is 15.9. The van der Waals surface area contributed by atoms with Crippen molar-refractivity contribution in [1.29, 1.82) is 0 Å². The Kier molecular flexibility index (Phi) is 5.07. The van der Waals surface area contributed by atoms with Gasteiger partial charge < -0.3 is 5.32 Å². The fourth-order valence-electron chi connectivity index (χ4n) is 2.44. The van der Waals surface area contributed by atoms with Gasteiger partial charge in [0.05, 0.1) is 4.90 Å². The summed E-state index contributed by atoms with van der Waals surface area (Å²) < 4.78 is 27.1. The van der Waals surface area contributed by atoms with E-state index < -0.39 is 10.0 Å². The maximum absolute atomic E-state index is 12.8. The minimum absolute atomic E-state index is 0.207. The van der Waals surface area contributed by atoms with Crippen LogP contribution in [0.1, 0.15) is 44.7 Å². The zero-order valence-corrected chi connectivity index (χ0v) is 14.2. The zero-order valence-electron chi connectivity index (χ0n) is 13.4. The molecule has 0 aromatic heterocycles. The van der Waals surface area contributed by atoms with Crippen LogP contribution in [0.15, 0.2) is 23.1 Å². The second kappa shape index (κ2) is 6.46. The highest BCUT2D eigenvalue weighted by atomic mass is 32.2. The number of sulfonamides is 1. The van der Waals surface area contributed by atoms with E-state index in [2.05, 4.69) is 19.2 Å². The first-order valence-corrected chi connectivity index (χ1v) is 9.15. The van der Waals surface area contributed by atoms with Crippen molar-refractivity contribution >= 4 is 10.0 Å². The predicted molar refractivity (Wildman–Crippen MR) is 85.7 cm³/mol. The average molecular weight is 310 g/mol. The largest absolute Gasteiger partial charge is 0.310 e. The van der Waals surface area contributed by atoms with Crippen LogP contribution in [0.4, 0.5) is 0 Å². The molecule has 0 aliphatic heterocycles. The molecular weight excluding hydrogens is 284 g/mol. The molecule has 0 unspecified atom stereocenters. The lowest BCUT2D eigenvalue weighted by molar-refractivity contribution is 0.421. The van der Waals surface area contributed by atoms with Crippen molar-refractivity contribution in [1.82, 2.24) is 9.62 Å². The van der Waals surface area contributed by atoms with Crippen LogP contribution in [-0.4, -0.2) is 31.4 Å². The molecule has 0 saturated heterocycles. The lowest BCUT2D eigenvalue weighted by atomic mass is 10.1. The van der Waals surface area contributed by atoms with Crippen LogP contribution in [0, 0.1) is 6.92 Å². The average Bonchev–Trinajstić information content (AvgIpc) is 3.22. The molecule has 118 valence electrons. The second-order valence-electron chi connectivity index (χ2n) is 6.06. The van der Waals surface area contributed by atoms with Gasteiger partial charge in [0.1, 0.15) is 0 Å². The number of hydrogen-bond acceptors (Lipinski definition) is 3. The van der Waals surface area contributed by atoms with E-state index in [1.54, 1.807) is 10.4 Å². The molecule has 4 nitrogen and oxygen atoms in total. The summed E-state index contributed by atoms with van der Waals surface area (Å²) in [5.74, 6) is 0. The molecule has 0 bridgehead atoms. The molecule has 0 spiro atoms. The lowest BCUT2D eigenvalue weighted by Gasteiger charge is -2.21. The Bertz CT molecular complexity index is 592. The molecule has 1 aromatic carbocycles. The molecule has 21 heavy (non-hydrogen) atoms. The van der Waals surface area contributed by atoms with Crippen molar-refractivity contribution < 1.29 is 8.42 Å². The minimum atomic E-state index is -3.36. The summed E-state index contributed by atoms with van der Waals surface area (Å²) >= 11 is 0. The second-order valence-corrected chi connectivity index (χ2v) is 7.95. The molecule has 5 heteroatoms. The van der Waals surface area contributed by atoms with E-state index in [9.17, 15) is 8.42 Å². The Balaban J connectivity index is 2.28. The van der Waals surface area contributed by atoms with E-state index >= 15 is 0 Å². The number of nitrogens with one attached hydrogen (secondary N) is 1.